The molecule has 2 rings (SSSR count). The summed E-state index contributed by atoms with van der Waals surface area (Å²) in [6, 6.07) is 9.92. The molecule has 134 valence electrons. The fourth-order valence-electron chi connectivity index (χ4n) is 2.57. The quantitative estimate of drug-likeness (QED) is 0.795. The molecular formula is C18H24N4OS2. The molecule has 0 spiro atoms. The average Bonchev–Trinajstić information content (AvgIpc) is 2.60. The van der Waals surface area contributed by atoms with Crippen LogP contribution in [-0.4, -0.2) is 58.8 Å². The molecule has 1 N–H and O–H groups in total. The minimum Gasteiger partial charge on any atom is -0.355 e. The molecule has 0 bridgehead atoms. The SMILES string of the molecule is CC(C)NC(=O)CN1CCN(C(=S)SCc2ccc(C#N)cc2)CC1. The topological polar surface area (TPSA) is 59.4 Å². The van der Waals surface area contributed by atoms with Gasteiger partial charge in [-0.3, -0.25) is 9.69 Å². The molecular weight excluding hydrogens is 352 g/mol. The molecule has 0 saturated carbocycles. The van der Waals surface area contributed by atoms with E-state index in [1.54, 1.807) is 11.8 Å². The average molecular weight is 377 g/mol. The van der Waals surface area contributed by atoms with Gasteiger partial charge in [-0.25, -0.2) is 0 Å². The minimum absolute atomic E-state index is 0.0845. The molecule has 1 fully saturated rings. The number of nitrogens with zero attached hydrogens (tertiary/aromatic N) is 3. The lowest BCUT2D eigenvalue weighted by Crippen LogP contribution is -2.50. The van der Waals surface area contributed by atoms with Crippen molar-refractivity contribution in [1.29, 1.82) is 5.26 Å². The first kappa shape index (κ1) is 19.7. The number of hydrogen-bond acceptors (Lipinski definition) is 5. The van der Waals surface area contributed by atoms with E-state index in [0.717, 1.165) is 41.8 Å². The van der Waals surface area contributed by atoms with E-state index in [2.05, 4.69) is 21.2 Å². The van der Waals surface area contributed by atoms with Gasteiger partial charge < -0.3 is 10.2 Å². The number of benzene rings is 1. The molecule has 7 heteroatoms. The van der Waals surface area contributed by atoms with E-state index in [0.29, 0.717) is 12.1 Å². The van der Waals surface area contributed by atoms with Gasteiger partial charge in [0.2, 0.25) is 5.91 Å². The van der Waals surface area contributed by atoms with Crippen molar-refractivity contribution >= 4 is 34.2 Å². The third-order valence-corrected chi connectivity index (χ3v) is 5.49. The first-order valence-corrected chi connectivity index (χ1v) is 9.80. The molecule has 0 radical (unpaired) electrons. The van der Waals surface area contributed by atoms with Crippen LogP contribution in [0.15, 0.2) is 24.3 Å². The van der Waals surface area contributed by atoms with Gasteiger partial charge in [-0.15, -0.1) is 0 Å². The third kappa shape index (κ3) is 6.65. The van der Waals surface area contributed by atoms with Gasteiger partial charge in [0.15, 0.2) is 0 Å². The van der Waals surface area contributed by atoms with Crippen molar-refractivity contribution in [2.75, 3.05) is 32.7 Å². The Labute approximate surface area is 159 Å². The third-order valence-electron chi connectivity index (χ3n) is 3.89. The molecule has 0 atom stereocenters. The maximum Gasteiger partial charge on any atom is 0.234 e. The first-order chi connectivity index (χ1) is 12.0. The molecule has 1 aliphatic rings. The number of amides is 1. The summed E-state index contributed by atoms with van der Waals surface area (Å²) in [5, 5.41) is 11.8. The second kappa shape index (κ2) is 9.76. The maximum atomic E-state index is 11.8. The Morgan fingerprint density at radius 1 is 1.28 bits per heavy atom. The highest BCUT2D eigenvalue weighted by molar-refractivity contribution is 8.22. The fourth-order valence-corrected chi connectivity index (χ4v) is 3.78. The molecule has 25 heavy (non-hydrogen) atoms. The van der Waals surface area contributed by atoms with Crippen LogP contribution in [0.25, 0.3) is 0 Å². The van der Waals surface area contributed by atoms with Crippen molar-refractivity contribution in [2.45, 2.75) is 25.6 Å². The summed E-state index contributed by atoms with van der Waals surface area (Å²) >= 11 is 7.19. The van der Waals surface area contributed by atoms with E-state index in [-0.39, 0.29) is 11.9 Å². The molecule has 1 aliphatic heterocycles. The number of carbonyl (C=O) groups excluding carboxylic acids is 1. The van der Waals surface area contributed by atoms with Crippen molar-refractivity contribution < 1.29 is 4.79 Å². The van der Waals surface area contributed by atoms with Crippen LogP contribution in [0, 0.1) is 11.3 Å². The van der Waals surface area contributed by atoms with Crippen LogP contribution in [0.2, 0.25) is 0 Å². The summed E-state index contributed by atoms with van der Waals surface area (Å²) in [7, 11) is 0. The van der Waals surface area contributed by atoms with E-state index < -0.39 is 0 Å². The van der Waals surface area contributed by atoms with Gasteiger partial charge in [0, 0.05) is 38.0 Å². The van der Waals surface area contributed by atoms with Crippen molar-refractivity contribution in [3.63, 3.8) is 0 Å². The number of rotatable bonds is 5. The first-order valence-electron chi connectivity index (χ1n) is 8.40. The number of hydrogen-bond donors (Lipinski definition) is 1. The van der Waals surface area contributed by atoms with Crippen LogP contribution in [0.5, 0.6) is 0 Å². The highest BCUT2D eigenvalue weighted by Gasteiger charge is 2.20. The minimum atomic E-state index is 0.0845. The molecule has 1 aromatic carbocycles. The summed E-state index contributed by atoms with van der Waals surface area (Å²) in [5.41, 5.74) is 1.84. The molecule has 0 aromatic heterocycles. The highest BCUT2D eigenvalue weighted by Crippen LogP contribution is 2.18. The molecule has 0 unspecified atom stereocenters. The summed E-state index contributed by atoms with van der Waals surface area (Å²) in [6.45, 7) is 7.81. The van der Waals surface area contributed by atoms with Crippen LogP contribution < -0.4 is 5.32 Å². The monoisotopic (exact) mass is 376 g/mol. The Balaban J connectivity index is 1.71. The molecule has 5 nitrogen and oxygen atoms in total. The largest absolute Gasteiger partial charge is 0.355 e. The number of thioether (sulfide) groups is 1. The lowest BCUT2D eigenvalue weighted by molar-refractivity contribution is -0.123. The normalized spacial score (nSPS) is 15.0. The van der Waals surface area contributed by atoms with Crippen molar-refractivity contribution in [3.8, 4) is 6.07 Å². The molecule has 1 heterocycles. The lowest BCUT2D eigenvalue weighted by atomic mass is 10.2. The number of carbonyl (C=O) groups is 1. The van der Waals surface area contributed by atoms with E-state index >= 15 is 0 Å². The molecule has 0 aliphatic carbocycles. The van der Waals surface area contributed by atoms with Crippen LogP contribution in [0.1, 0.15) is 25.0 Å². The van der Waals surface area contributed by atoms with E-state index in [1.165, 1.54) is 0 Å². The summed E-state index contributed by atoms with van der Waals surface area (Å²) in [6.07, 6.45) is 0. The second-order valence-electron chi connectivity index (χ2n) is 6.35. The smallest absolute Gasteiger partial charge is 0.234 e. The van der Waals surface area contributed by atoms with Crippen molar-refractivity contribution in [1.82, 2.24) is 15.1 Å². The van der Waals surface area contributed by atoms with E-state index in [9.17, 15) is 4.79 Å². The van der Waals surface area contributed by atoms with Gasteiger partial charge in [-0.1, -0.05) is 36.1 Å². The number of piperazine rings is 1. The maximum absolute atomic E-state index is 11.8. The Morgan fingerprint density at radius 3 is 2.48 bits per heavy atom. The zero-order valence-corrected chi connectivity index (χ0v) is 16.3. The summed E-state index contributed by atoms with van der Waals surface area (Å²) in [5.74, 6) is 0.892. The van der Waals surface area contributed by atoms with E-state index in [1.807, 2.05) is 38.1 Å². The number of nitriles is 1. The van der Waals surface area contributed by atoms with Gasteiger partial charge in [0.25, 0.3) is 0 Å². The van der Waals surface area contributed by atoms with Crippen LogP contribution >= 0.6 is 24.0 Å². The summed E-state index contributed by atoms with van der Waals surface area (Å²) in [4.78, 5) is 16.2. The fraction of sp³-hybridized carbons (Fsp3) is 0.500. The highest BCUT2D eigenvalue weighted by atomic mass is 32.2. The Hall–Kier alpha value is -1.62. The molecule has 1 amide bonds. The Morgan fingerprint density at radius 2 is 1.92 bits per heavy atom. The second-order valence-corrected chi connectivity index (χ2v) is 7.96. The van der Waals surface area contributed by atoms with Crippen molar-refractivity contribution in [3.05, 3.63) is 35.4 Å². The molecule has 1 aromatic rings. The van der Waals surface area contributed by atoms with Gasteiger partial charge >= 0.3 is 0 Å². The van der Waals surface area contributed by atoms with Gasteiger partial charge in [0.05, 0.1) is 18.2 Å². The summed E-state index contributed by atoms with van der Waals surface area (Å²) < 4.78 is 0.899. The number of nitrogens with one attached hydrogen (secondary N) is 1. The Kier molecular flexibility index (Phi) is 7.69. The van der Waals surface area contributed by atoms with Crippen LogP contribution in [0.3, 0.4) is 0 Å². The predicted molar refractivity (Wildman–Crippen MR) is 106 cm³/mol. The molecule has 1 saturated heterocycles. The number of thiocarbonyl (C=S) groups is 1. The van der Waals surface area contributed by atoms with Gasteiger partial charge in [-0.05, 0) is 31.5 Å². The Bertz CT molecular complexity index is 631. The van der Waals surface area contributed by atoms with E-state index in [4.69, 9.17) is 17.5 Å². The van der Waals surface area contributed by atoms with Crippen molar-refractivity contribution in [2.24, 2.45) is 0 Å². The standard InChI is InChI=1S/C18H24N4OS2/c1-14(2)20-17(23)12-21-7-9-22(10-8-21)18(24)25-13-16-5-3-15(11-19)4-6-16/h3-6,14H,7-10,12-13H2,1-2H3,(H,20,23). The predicted octanol–water partition coefficient (Wildman–Crippen LogP) is 2.22. The van der Waals surface area contributed by atoms with Gasteiger partial charge in [0.1, 0.15) is 4.32 Å². The zero-order chi connectivity index (χ0) is 18.2. The van der Waals surface area contributed by atoms with Crippen LogP contribution in [-0.2, 0) is 10.5 Å². The van der Waals surface area contributed by atoms with Gasteiger partial charge in [-0.2, -0.15) is 5.26 Å². The zero-order valence-electron chi connectivity index (χ0n) is 14.7. The lowest BCUT2D eigenvalue weighted by Gasteiger charge is -2.35. The van der Waals surface area contributed by atoms with Crippen LogP contribution in [0.4, 0.5) is 0 Å².